The Balaban J connectivity index is 2.33. The highest BCUT2D eigenvalue weighted by Gasteiger charge is 2.52. The third-order valence-corrected chi connectivity index (χ3v) is 5.57. The minimum Gasteiger partial charge on any atom is -0.458 e. The molecule has 1 fully saturated rings. The number of halogens is 1. The van der Waals surface area contributed by atoms with Crippen LogP contribution in [-0.2, 0) is 9.53 Å². The van der Waals surface area contributed by atoms with E-state index in [1.165, 1.54) is 6.92 Å². The zero-order valence-corrected chi connectivity index (χ0v) is 13.4. The molecule has 4 heteroatoms. The third kappa shape index (κ3) is 3.01. The van der Waals surface area contributed by atoms with Crippen LogP contribution in [0.5, 0.6) is 0 Å². The number of ether oxygens (including phenoxy) is 1. The van der Waals surface area contributed by atoms with Crippen molar-refractivity contribution in [1.82, 2.24) is 0 Å². The van der Waals surface area contributed by atoms with Crippen molar-refractivity contribution in [1.29, 1.82) is 0 Å². The van der Waals surface area contributed by atoms with Crippen LogP contribution in [-0.4, -0.2) is 29.5 Å². The van der Waals surface area contributed by atoms with E-state index >= 15 is 0 Å². The zero-order chi connectivity index (χ0) is 15.8. The quantitative estimate of drug-likeness (QED) is 0.642. The van der Waals surface area contributed by atoms with Gasteiger partial charge in [-0.2, -0.15) is 0 Å². The molecule has 2 aliphatic carbocycles. The normalized spacial score (nSPS) is 41.0. The second-order valence-electron chi connectivity index (χ2n) is 7.00. The van der Waals surface area contributed by atoms with Gasteiger partial charge >= 0.3 is 5.97 Å². The molecule has 2 rings (SSSR count). The van der Waals surface area contributed by atoms with Gasteiger partial charge in [-0.15, -0.1) is 0 Å². The van der Waals surface area contributed by atoms with Crippen molar-refractivity contribution in [3.8, 4) is 0 Å². The number of hydrogen-bond acceptors (Lipinski definition) is 3. The first-order valence-electron chi connectivity index (χ1n) is 7.93. The van der Waals surface area contributed by atoms with Gasteiger partial charge in [0.2, 0.25) is 0 Å². The Morgan fingerprint density at radius 2 is 2.24 bits per heavy atom. The summed E-state index contributed by atoms with van der Waals surface area (Å²) in [6.07, 6.45) is 3.94. The minimum atomic E-state index is -0.897. The number of rotatable bonds is 3. The second kappa shape index (κ2) is 6.07. The lowest BCUT2D eigenvalue weighted by atomic mass is 9.57. The first-order valence-corrected chi connectivity index (χ1v) is 7.93. The SMILES string of the molecule is CC(=O)O[C@@H]1C[C@@]2(O)[C@H](C)CC[C@@H](C(C)CF)[C@H]2C=C1C. The molecule has 6 atom stereocenters. The number of esters is 1. The van der Waals surface area contributed by atoms with E-state index in [0.29, 0.717) is 6.42 Å². The van der Waals surface area contributed by atoms with E-state index < -0.39 is 5.60 Å². The van der Waals surface area contributed by atoms with E-state index in [4.69, 9.17) is 4.74 Å². The zero-order valence-electron chi connectivity index (χ0n) is 13.4. The summed E-state index contributed by atoms with van der Waals surface area (Å²) in [5.74, 6) is -0.133. The van der Waals surface area contributed by atoms with Crippen molar-refractivity contribution < 1.29 is 19.0 Å². The molecule has 0 aromatic rings. The van der Waals surface area contributed by atoms with Gasteiger partial charge in [0.25, 0.3) is 0 Å². The fourth-order valence-electron chi connectivity index (χ4n) is 4.11. The summed E-state index contributed by atoms with van der Waals surface area (Å²) in [6, 6.07) is 0. The first kappa shape index (κ1) is 16.5. The molecule has 21 heavy (non-hydrogen) atoms. The number of carbonyl (C=O) groups is 1. The first-order chi connectivity index (χ1) is 9.79. The van der Waals surface area contributed by atoms with Gasteiger partial charge in [0.15, 0.2) is 0 Å². The Morgan fingerprint density at radius 1 is 1.57 bits per heavy atom. The van der Waals surface area contributed by atoms with Crippen molar-refractivity contribution in [3.63, 3.8) is 0 Å². The Bertz CT molecular complexity index is 434. The van der Waals surface area contributed by atoms with Gasteiger partial charge in [-0.3, -0.25) is 9.18 Å². The van der Waals surface area contributed by atoms with Crippen LogP contribution in [0.4, 0.5) is 4.39 Å². The molecule has 0 radical (unpaired) electrons. The molecule has 0 bridgehead atoms. The van der Waals surface area contributed by atoms with Crippen LogP contribution in [0, 0.1) is 23.7 Å². The Morgan fingerprint density at radius 3 is 2.81 bits per heavy atom. The third-order valence-electron chi connectivity index (χ3n) is 5.57. The summed E-state index contributed by atoms with van der Waals surface area (Å²) in [7, 11) is 0. The molecule has 0 aromatic carbocycles. The summed E-state index contributed by atoms with van der Waals surface area (Å²) in [4.78, 5) is 11.2. The fraction of sp³-hybridized carbons (Fsp3) is 0.824. The summed E-state index contributed by atoms with van der Waals surface area (Å²) in [5, 5.41) is 11.2. The molecule has 0 aliphatic heterocycles. The highest BCUT2D eigenvalue weighted by molar-refractivity contribution is 5.66. The van der Waals surface area contributed by atoms with Crippen molar-refractivity contribution in [3.05, 3.63) is 11.6 Å². The molecule has 0 saturated heterocycles. The van der Waals surface area contributed by atoms with Crippen molar-refractivity contribution >= 4 is 5.97 Å². The number of alkyl halides is 1. The van der Waals surface area contributed by atoms with Gasteiger partial charge in [0.05, 0.1) is 12.3 Å². The fourth-order valence-corrected chi connectivity index (χ4v) is 4.11. The van der Waals surface area contributed by atoms with E-state index in [0.717, 1.165) is 18.4 Å². The summed E-state index contributed by atoms with van der Waals surface area (Å²) >= 11 is 0. The van der Waals surface area contributed by atoms with Gasteiger partial charge in [-0.1, -0.05) is 19.9 Å². The van der Waals surface area contributed by atoms with Crippen molar-refractivity contribution in [2.45, 2.75) is 58.7 Å². The lowest BCUT2D eigenvalue weighted by Gasteiger charge is -2.52. The molecule has 0 heterocycles. The number of aliphatic hydroxyl groups is 1. The molecule has 1 saturated carbocycles. The van der Waals surface area contributed by atoms with Crippen LogP contribution in [0.3, 0.4) is 0 Å². The molecular formula is C17H27FO3. The lowest BCUT2D eigenvalue weighted by molar-refractivity contribution is -0.159. The van der Waals surface area contributed by atoms with E-state index in [9.17, 15) is 14.3 Å². The van der Waals surface area contributed by atoms with E-state index in [-0.39, 0.29) is 42.4 Å². The Kier molecular flexibility index (Phi) is 4.76. The molecular weight excluding hydrogens is 271 g/mol. The molecule has 0 aromatic heterocycles. The second-order valence-corrected chi connectivity index (χ2v) is 7.00. The van der Waals surface area contributed by atoms with Crippen LogP contribution in [0.1, 0.15) is 47.0 Å². The largest absolute Gasteiger partial charge is 0.458 e. The predicted molar refractivity (Wildman–Crippen MR) is 79.4 cm³/mol. The van der Waals surface area contributed by atoms with Crippen molar-refractivity contribution in [2.24, 2.45) is 23.7 Å². The highest BCUT2D eigenvalue weighted by Crippen LogP contribution is 2.51. The minimum absolute atomic E-state index is 0.0428. The van der Waals surface area contributed by atoms with Gasteiger partial charge in [0.1, 0.15) is 6.10 Å². The molecule has 1 N–H and O–H groups in total. The van der Waals surface area contributed by atoms with E-state index in [1.54, 1.807) is 0 Å². The predicted octanol–water partition coefficient (Wildman–Crippen LogP) is 3.27. The topological polar surface area (TPSA) is 46.5 Å². The average Bonchev–Trinajstić information content (AvgIpc) is 2.41. The Hall–Kier alpha value is -0.900. The molecule has 2 aliphatic rings. The standard InChI is InChI=1S/C17H27FO3/c1-10-7-15-14(11(2)9-18)6-5-12(3)17(15,20)8-16(10)21-13(4)19/h7,11-12,14-16,20H,5-6,8-9H2,1-4H3/t11?,12-,14+,15-,16-,17-/m1/s1. The highest BCUT2D eigenvalue weighted by atomic mass is 19.1. The average molecular weight is 298 g/mol. The van der Waals surface area contributed by atoms with Gasteiger partial charge in [-0.25, -0.2) is 0 Å². The number of hydrogen-bond donors (Lipinski definition) is 1. The number of fused-ring (bicyclic) bond motifs is 1. The maximum absolute atomic E-state index is 13.1. The van der Waals surface area contributed by atoms with Crippen LogP contribution >= 0.6 is 0 Å². The lowest BCUT2D eigenvalue weighted by Crippen LogP contribution is -2.55. The van der Waals surface area contributed by atoms with Crippen LogP contribution < -0.4 is 0 Å². The molecule has 3 nitrogen and oxygen atoms in total. The molecule has 0 spiro atoms. The van der Waals surface area contributed by atoms with Crippen LogP contribution in [0.25, 0.3) is 0 Å². The van der Waals surface area contributed by atoms with Gasteiger partial charge in [0, 0.05) is 19.3 Å². The summed E-state index contributed by atoms with van der Waals surface area (Å²) in [5.41, 5.74) is 0.0800. The number of carbonyl (C=O) groups excluding carboxylic acids is 1. The molecule has 0 amide bonds. The van der Waals surface area contributed by atoms with Crippen LogP contribution in [0.2, 0.25) is 0 Å². The molecule has 1 unspecified atom stereocenters. The van der Waals surface area contributed by atoms with Gasteiger partial charge < -0.3 is 9.84 Å². The van der Waals surface area contributed by atoms with Gasteiger partial charge in [-0.05, 0) is 43.1 Å². The monoisotopic (exact) mass is 298 g/mol. The molecule has 120 valence electrons. The van der Waals surface area contributed by atoms with Crippen LogP contribution in [0.15, 0.2) is 11.6 Å². The summed E-state index contributed by atoms with van der Waals surface area (Å²) < 4.78 is 18.5. The van der Waals surface area contributed by atoms with E-state index in [2.05, 4.69) is 0 Å². The Labute approximate surface area is 126 Å². The maximum atomic E-state index is 13.1. The summed E-state index contributed by atoms with van der Waals surface area (Å²) in [6.45, 7) is 6.93. The van der Waals surface area contributed by atoms with Crippen molar-refractivity contribution in [2.75, 3.05) is 6.67 Å². The van der Waals surface area contributed by atoms with E-state index in [1.807, 2.05) is 26.8 Å². The smallest absolute Gasteiger partial charge is 0.303 e. The maximum Gasteiger partial charge on any atom is 0.303 e.